The van der Waals surface area contributed by atoms with Gasteiger partial charge in [0, 0.05) is 4.47 Å². The molecule has 0 radical (unpaired) electrons. The molecule has 1 aliphatic carbocycles. The van der Waals surface area contributed by atoms with Gasteiger partial charge in [-0.3, -0.25) is 4.79 Å². The fraction of sp³-hybridized carbons (Fsp3) is 0.500. The Balaban J connectivity index is 2.31. The summed E-state index contributed by atoms with van der Waals surface area (Å²) in [5.41, 5.74) is 2.05. The molecule has 0 spiro atoms. The summed E-state index contributed by atoms with van der Waals surface area (Å²) in [4.78, 5) is 11.5. The van der Waals surface area contributed by atoms with Gasteiger partial charge in [0.15, 0.2) is 0 Å². The van der Waals surface area contributed by atoms with E-state index in [0.717, 1.165) is 28.4 Å². The van der Waals surface area contributed by atoms with E-state index in [1.165, 1.54) is 12.8 Å². The van der Waals surface area contributed by atoms with Gasteiger partial charge in [-0.1, -0.05) is 40.9 Å². The smallest absolute Gasteiger partial charge is 0.311 e. The number of carbonyl (C=O) groups is 1. The normalized spacial score (nSPS) is 18.2. The summed E-state index contributed by atoms with van der Waals surface area (Å²) in [7, 11) is 0. The summed E-state index contributed by atoms with van der Waals surface area (Å²) >= 11 is 3.45. The minimum Gasteiger partial charge on any atom is -0.481 e. The van der Waals surface area contributed by atoms with Crippen LogP contribution in [0.3, 0.4) is 0 Å². The van der Waals surface area contributed by atoms with Gasteiger partial charge < -0.3 is 5.11 Å². The Labute approximate surface area is 110 Å². The third-order valence-electron chi connectivity index (χ3n) is 3.68. The highest BCUT2D eigenvalue weighted by atomic mass is 79.9. The molecule has 1 fully saturated rings. The minimum atomic E-state index is -0.682. The van der Waals surface area contributed by atoms with Crippen LogP contribution in [0.5, 0.6) is 0 Å². The number of benzene rings is 1. The van der Waals surface area contributed by atoms with E-state index in [9.17, 15) is 9.90 Å². The van der Waals surface area contributed by atoms with Crippen LogP contribution in [0, 0.1) is 12.8 Å². The van der Waals surface area contributed by atoms with Gasteiger partial charge in [-0.15, -0.1) is 0 Å². The number of hydrogen-bond donors (Lipinski definition) is 1. The molecule has 1 aromatic carbocycles. The molecule has 2 rings (SSSR count). The van der Waals surface area contributed by atoms with E-state index in [1.807, 2.05) is 25.1 Å². The van der Waals surface area contributed by atoms with Crippen LogP contribution in [0.4, 0.5) is 0 Å². The van der Waals surface area contributed by atoms with E-state index < -0.39 is 5.97 Å². The van der Waals surface area contributed by atoms with Crippen molar-refractivity contribution in [2.24, 2.45) is 5.92 Å². The molecular formula is C14H17BrO2. The average molecular weight is 297 g/mol. The lowest BCUT2D eigenvalue weighted by Crippen LogP contribution is -2.19. The summed E-state index contributed by atoms with van der Waals surface area (Å²) in [6.45, 7) is 2.00. The maximum atomic E-state index is 11.5. The van der Waals surface area contributed by atoms with Crippen LogP contribution in [0.1, 0.15) is 42.7 Å². The number of aliphatic carboxylic acids is 1. The first kappa shape index (κ1) is 12.6. The molecule has 0 aliphatic heterocycles. The van der Waals surface area contributed by atoms with Crippen LogP contribution < -0.4 is 0 Å². The summed E-state index contributed by atoms with van der Waals surface area (Å²) < 4.78 is 1.04. The monoisotopic (exact) mass is 296 g/mol. The fourth-order valence-corrected chi connectivity index (χ4v) is 3.02. The molecular weight excluding hydrogens is 280 g/mol. The van der Waals surface area contributed by atoms with Crippen LogP contribution in [-0.2, 0) is 4.79 Å². The average Bonchev–Trinajstić information content (AvgIpc) is 2.76. The molecule has 2 nitrogen and oxygen atoms in total. The zero-order valence-electron chi connectivity index (χ0n) is 9.95. The molecule has 0 amide bonds. The number of carboxylic acids is 1. The Morgan fingerprint density at radius 2 is 2.06 bits per heavy atom. The van der Waals surface area contributed by atoms with Crippen molar-refractivity contribution in [2.45, 2.75) is 38.5 Å². The molecule has 0 aromatic heterocycles. The van der Waals surface area contributed by atoms with Gasteiger partial charge in [-0.2, -0.15) is 0 Å². The first-order valence-corrected chi connectivity index (χ1v) is 6.87. The van der Waals surface area contributed by atoms with Crippen molar-refractivity contribution in [3.63, 3.8) is 0 Å². The second-order valence-corrected chi connectivity index (χ2v) is 5.72. The van der Waals surface area contributed by atoms with Crippen molar-refractivity contribution < 1.29 is 9.90 Å². The zero-order valence-corrected chi connectivity index (χ0v) is 11.5. The van der Waals surface area contributed by atoms with Crippen LogP contribution in [-0.4, -0.2) is 11.1 Å². The Kier molecular flexibility index (Phi) is 3.87. The number of carboxylic acid groups (broad SMARTS) is 1. The molecule has 0 unspecified atom stereocenters. The summed E-state index contributed by atoms with van der Waals surface area (Å²) in [5.74, 6) is -0.698. The maximum Gasteiger partial charge on any atom is 0.311 e. The van der Waals surface area contributed by atoms with Gasteiger partial charge >= 0.3 is 5.97 Å². The van der Waals surface area contributed by atoms with Gasteiger partial charge in [0.2, 0.25) is 0 Å². The van der Waals surface area contributed by atoms with Crippen LogP contribution in [0.2, 0.25) is 0 Å². The standard InChI is InChI=1S/C14H17BrO2/c1-9-8-11(6-7-12(9)15)13(14(16)17)10-4-2-3-5-10/h6-8,10,13H,2-5H2,1H3,(H,16,17)/t13-/m0/s1. The summed E-state index contributed by atoms with van der Waals surface area (Å²) in [6, 6.07) is 5.89. The zero-order chi connectivity index (χ0) is 12.4. The van der Waals surface area contributed by atoms with E-state index in [2.05, 4.69) is 15.9 Å². The summed E-state index contributed by atoms with van der Waals surface area (Å²) in [6.07, 6.45) is 4.44. The lowest BCUT2D eigenvalue weighted by Gasteiger charge is -2.20. The molecule has 0 saturated heterocycles. The molecule has 17 heavy (non-hydrogen) atoms. The van der Waals surface area contributed by atoms with E-state index in [-0.39, 0.29) is 5.92 Å². The van der Waals surface area contributed by atoms with Gasteiger partial charge in [0.1, 0.15) is 0 Å². The lowest BCUT2D eigenvalue weighted by molar-refractivity contribution is -0.140. The maximum absolute atomic E-state index is 11.5. The second-order valence-electron chi connectivity index (χ2n) is 4.87. The van der Waals surface area contributed by atoms with Crippen molar-refractivity contribution in [3.05, 3.63) is 33.8 Å². The fourth-order valence-electron chi connectivity index (χ4n) is 2.77. The third kappa shape index (κ3) is 2.71. The Hall–Kier alpha value is -0.830. The van der Waals surface area contributed by atoms with E-state index in [1.54, 1.807) is 0 Å². The van der Waals surface area contributed by atoms with Crippen molar-refractivity contribution in [3.8, 4) is 0 Å². The topological polar surface area (TPSA) is 37.3 Å². The number of hydrogen-bond acceptors (Lipinski definition) is 1. The largest absolute Gasteiger partial charge is 0.481 e. The van der Waals surface area contributed by atoms with Crippen LogP contribution >= 0.6 is 15.9 Å². The lowest BCUT2D eigenvalue weighted by atomic mass is 9.84. The molecule has 3 heteroatoms. The molecule has 92 valence electrons. The second kappa shape index (κ2) is 5.21. The molecule has 1 N–H and O–H groups in total. The van der Waals surface area contributed by atoms with Gasteiger partial charge in [-0.05, 0) is 42.9 Å². The highest BCUT2D eigenvalue weighted by Crippen LogP contribution is 2.38. The summed E-state index contributed by atoms with van der Waals surface area (Å²) in [5, 5.41) is 9.44. The first-order chi connectivity index (χ1) is 8.09. The minimum absolute atomic E-state index is 0.313. The highest BCUT2D eigenvalue weighted by molar-refractivity contribution is 9.10. The quantitative estimate of drug-likeness (QED) is 0.911. The third-order valence-corrected chi connectivity index (χ3v) is 4.57. The van der Waals surface area contributed by atoms with E-state index in [4.69, 9.17) is 0 Å². The van der Waals surface area contributed by atoms with Crippen molar-refractivity contribution in [1.29, 1.82) is 0 Å². The Morgan fingerprint density at radius 1 is 1.41 bits per heavy atom. The number of rotatable bonds is 3. The van der Waals surface area contributed by atoms with Crippen molar-refractivity contribution in [1.82, 2.24) is 0 Å². The Bertz CT molecular complexity index is 422. The molecule has 1 aliphatic rings. The van der Waals surface area contributed by atoms with Gasteiger partial charge in [0.25, 0.3) is 0 Å². The van der Waals surface area contributed by atoms with E-state index >= 15 is 0 Å². The predicted octanol–water partition coefficient (Wildman–Crippen LogP) is 4.12. The first-order valence-electron chi connectivity index (χ1n) is 6.08. The molecule has 0 bridgehead atoms. The molecule has 0 heterocycles. The number of aryl methyl sites for hydroxylation is 1. The molecule has 1 aromatic rings. The molecule has 1 atom stereocenters. The molecule has 1 saturated carbocycles. The van der Waals surface area contributed by atoms with Crippen molar-refractivity contribution >= 4 is 21.9 Å². The SMILES string of the molecule is Cc1cc([C@@H](C(=O)O)C2CCCC2)ccc1Br. The predicted molar refractivity (Wildman–Crippen MR) is 71.2 cm³/mol. The van der Waals surface area contributed by atoms with E-state index in [0.29, 0.717) is 5.92 Å². The van der Waals surface area contributed by atoms with Gasteiger partial charge in [-0.25, -0.2) is 0 Å². The highest BCUT2D eigenvalue weighted by Gasteiger charge is 2.31. The van der Waals surface area contributed by atoms with Crippen LogP contribution in [0.25, 0.3) is 0 Å². The van der Waals surface area contributed by atoms with Crippen molar-refractivity contribution in [2.75, 3.05) is 0 Å². The van der Waals surface area contributed by atoms with Crippen LogP contribution in [0.15, 0.2) is 22.7 Å². The van der Waals surface area contributed by atoms with Gasteiger partial charge in [0.05, 0.1) is 5.92 Å². The Morgan fingerprint density at radius 3 is 2.59 bits per heavy atom. The number of halogens is 1.